The molecule has 0 aromatic rings. The maximum Gasteiger partial charge on any atom is 0.133 e. The zero-order valence-electron chi connectivity index (χ0n) is 9.44. The Kier molecular flexibility index (Phi) is 5.35. The van der Waals surface area contributed by atoms with Gasteiger partial charge >= 0.3 is 0 Å². The molecule has 0 aromatic carbocycles. The first-order chi connectivity index (χ1) is 7.84. The Labute approximate surface area is 107 Å². The highest BCUT2D eigenvalue weighted by Crippen LogP contribution is 2.18. The van der Waals surface area contributed by atoms with E-state index in [1.54, 1.807) is 11.8 Å². The summed E-state index contributed by atoms with van der Waals surface area (Å²) in [5.74, 6) is 1.77. The molecule has 2 saturated heterocycles. The Morgan fingerprint density at radius 2 is 2.31 bits per heavy atom. The van der Waals surface area contributed by atoms with E-state index in [1.807, 2.05) is 0 Å². The lowest BCUT2D eigenvalue weighted by molar-refractivity contribution is 0.114. The summed E-state index contributed by atoms with van der Waals surface area (Å²) in [5.41, 5.74) is 0. The Bertz CT molecular complexity index is 204. The van der Waals surface area contributed by atoms with Crippen molar-refractivity contribution in [1.29, 1.82) is 0 Å². The molecule has 0 aromatic heterocycles. The van der Waals surface area contributed by atoms with Crippen LogP contribution in [0.2, 0.25) is 0 Å². The molecule has 0 aliphatic carbocycles. The second kappa shape index (κ2) is 6.79. The first-order valence-electron chi connectivity index (χ1n) is 5.94. The number of thioether (sulfide) groups is 1. The smallest absolute Gasteiger partial charge is 0.133 e. The zero-order valence-corrected chi connectivity index (χ0v) is 11.1. The van der Waals surface area contributed by atoms with Crippen LogP contribution in [0.3, 0.4) is 0 Å². The molecule has 2 aliphatic heterocycles. The summed E-state index contributed by atoms with van der Waals surface area (Å²) in [7, 11) is 0. The van der Waals surface area contributed by atoms with Crippen molar-refractivity contribution in [3.63, 3.8) is 0 Å². The summed E-state index contributed by atoms with van der Waals surface area (Å²) in [5, 5.41) is 3.28. The quantitative estimate of drug-likeness (QED) is 0.780. The highest BCUT2D eigenvalue weighted by atomic mass is 32.2. The number of hydrogen-bond donors (Lipinski definition) is 1. The molecular weight excluding hydrogens is 242 g/mol. The normalized spacial score (nSPS) is 29.5. The SMILES string of the molecule is S=C(NCC1CCCO1)SCC1CCOC1. The fourth-order valence-corrected chi connectivity index (χ4v) is 3.08. The van der Waals surface area contributed by atoms with E-state index in [9.17, 15) is 0 Å². The van der Waals surface area contributed by atoms with E-state index in [0.29, 0.717) is 12.0 Å². The standard InChI is InChI=1S/C11H19NO2S2/c15-11(12-6-10-2-1-4-14-10)16-8-9-3-5-13-7-9/h9-10H,1-8H2,(H,12,15). The van der Waals surface area contributed by atoms with Crippen LogP contribution in [0.1, 0.15) is 19.3 Å². The lowest BCUT2D eigenvalue weighted by Crippen LogP contribution is -2.29. The van der Waals surface area contributed by atoms with Gasteiger partial charge in [0.2, 0.25) is 0 Å². The van der Waals surface area contributed by atoms with Crippen molar-refractivity contribution in [1.82, 2.24) is 5.32 Å². The van der Waals surface area contributed by atoms with Gasteiger partial charge in [-0.3, -0.25) is 0 Å². The number of thiocarbonyl (C=S) groups is 1. The van der Waals surface area contributed by atoms with Crippen LogP contribution in [0.25, 0.3) is 0 Å². The van der Waals surface area contributed by atoms with Crippen molar-refractivity contribution < 1.29 is 9.47 Å². The van der Waals surface area contributed by atoms with Gasteiger partial charge in [0, 0.05) is 25.5 Å². The van der Waals surface area contributed by atoms with E-state index < -0.39 is 0 Å². The maximum atomic E-state index is 5.53. The minimum atomic E-state index is 0.369. The fourth-order valence-electron chi connectivity index (χ4n) is 1.96. The summed E-state index contributed by atoms with van der Waals surface area (Å²) < 4.78 is 11.8. The van der Waals surface area contributed by atoms with Gasteiger partial charge in [0.05, 0.1) is 12.7 Å². The molecule has 0 spiro atoms. The van der Waals surface area contributed by atoms with Crippen LogP contribution in [0.5, 0.6) is 0 Å². The van der Waals surface area contributed by atoms with Gasteiger partial charge in [-0.05, 0) is 25.2 Å². The van der Waals surface area contributed by atoms with Crippen molar-refractivity contribution >= 4 is 28.3 Å². The fraction of sp³-hybridized carbons (Fsp3) is 0.909. The minimum absolute atomic E-state index is 0.369. The third kappa shape index (κ3) is 4.20. The van der Waals surface area contributed by atoms with Gasteiger partial charge in [0.1, 0.15) is 4.32 Å². The second-order valence-corrected chi connectivity index (χ2v) is 6.04. The molecule has 2 fully saturated rings. The van der Waals surface area contributed by atoms with Gasteiger partial charge in [-0.1, -0.05) is 24.0 Å². The van der Waals surface area contributed by atoms with Crippen LogP contribution in [0, 0.1) is 5.92 Å². The number of ether oxygens (including phenoxy) is 2. The minimum Gasteiger partial charge on any atom is -0.381 e. The van der Waals surface area contributed by atoms with E-state index in [4.69, 9.17) is 21.7 Å². The van der Waals surface area contributed by atoms with Crippen LogP contribution >= 0.6 is 24.0 Å². The van der Waals surface area contributed by atoms with E-state index in [0.717, 1.165) is 42.9 Å². The molecule has 0 amide bonds. The number of nitrogens with one attached hydrogen (secondary N) is 1. The van der Waals surface area contributed by atoms with Crippen LogP contribution in [0.4, 0.5) is 0 Å². The number of rotatable bonds is 4. The maximum absolute atomic E-state index is 5.53. The van der Waals surface area contributed by atoms with Gasteiger partial charge in [0.15, 0.2) is 0 Å². The highest BCUT2D eigenvalue weighted by molar-refractivity contribution is 8.22. The molecule has 2 rings (SSSR count). The van der Waals surface area contributed by atoms with Gasteiger partial charge in [-0.25, -0.2) is 0 Å². The van der Waals surface area contributed by atoms with E-state index >= 15 is 0 Å². The first-order valence-corrected chi connectivity index (χ1v) is 7.34. The monoisotopic (exact) mass is 261 g/mol. The predicted molar refractivity (Wildman–Crippen MR) is 71.0 cm³/mol. The molecule has 3 nitrogen and oxygen atoms in total. The van der Waals surface area contributed by atoms with Gasteiger partial charge in [-0.2, -0.15) is 0 Å². The molecule has 5 heteroatoms. The summed E-state index contributed by atoms with van der Waals surface area (Å²) >= 11 is 7.02. The third-order valence-electron chi connectivity index (χ3n) is 2.97. The Morgan fingerprint density at radius 1 is 1.38 bits per heavy atom. The Hall–Kier alpha value is 0.160. The molecule has 0 saturated carbocycles. The van der Waals surface area contributed by atoms with Crippen molar-refractivity contribution in [2.45, 2.75) is 25.4 Å². The molecule has 0 bridgehead atoms. The van der Waals surface area contributed by atoms with Gasteiger partial charge in [0.25, 0.3) is 0 Å². The van der Waals surface area contributed by atoms with E-state index in [2.05, 4.69) is 5.32 Å². The van der Waals surface area contributed by atoms with E-state index in [1.165, 1.54) is 12.8 Å². The van der Waals surface area contributed by atoms with Crippen LogP contribution in [-0.4, -0.2) is 42.5 Å². The predicted octanol–water partition coefficient (Wildman–Crippen LogP) is 1.81. The zero-order chi connectivity index (χ0) is 11.2. The van der Waals surface area contributed by atoms with Crippen LogP contribution in [-0.2, 0) is 9.47 Å². The Balaban J connectivity index is 1.53. The highest BCUT2D eigenvalue weighted by Gasteiger charge is 2.18. The van der Waals surface area contributed by atoms with E-state index in [-0.39, 0.29) is 0 Å². The largest absolute Gasteiger partial charge is 0.381 e. The van der Waals surface area contributed by atoms with Crippen molar-refractivity contribution in [2.75, 3.05) is 32.1 Å². The molecule has 2 atom stereocenters. The molecule has 0 radical (unpaired) electrons. The van der Waals surface area contributed by atoms with Gasteiger partial charge < -0.3 is 14.8 Å². The summed E-state index contributed by atoms with van der Waals surface area (Å²) in [6.45, 7) is 3.60. The third-order valence-corrected chi connectivity index (χ3v) is 4.51. The molecule has 2 aliphatic rings. The number of hydrogen-bond acceptors (Lipinski definition) is 4. The van der Waals surface area contributed by atoms with Crippen LogP contribution < -0.4 is 5.32 Å². The average molecular weight is 261 g/mol. The first kappa shape index (κ1) is 12.6. The lowest BCUT2D eigenvalue weighted by atomic mass is 10.2. The average Bonchev–Trinajstić information content (AvgIpc) is 2.96. The Morgan fingerprint density at radius 3 is 3.00 bits per heavy atom. The molecule has 1 N–H and O–H groups in total. The molecule has 2 heterocycles. The van der Waals surface area contributed by atoms with Crippen molar-refractivity contribution in [2.24, 2.45) is 5.92 Å². The molecule has 16 heavy (non-hydrogen) atoms. The lowest BCUT2D eigenvalue weighted by Gasteiger charge is -2.13. The summed E-state index contributed by atoms with van der Waals surface area (Å²) in [4.78, 5) is 0. The molecule has 2 unspecified atom stereocenters. The van der Waals surface area contributed by atoms with Crippen molar-refractivity contribution in [3.05, 3.63) is 0 Å². The summed E-state index contributed by atoms with van der Waals surface area (Å²) in [6, 6.07) is 0. The topological polar surface area (TPSA) is 30.5 Å². The molecule has 92 valence electrons. The second-order valence-electron chi connectivity index (χ2n) is 4.34. The molecular formula is C11H19NO2S2. The van der Waals surface area contributed by atoms with Crippen molar-refractivity contribution in [3.8, 4) is 0 Å². The summed E-state index contributed by atoms with van der Waals surface area (Å²) in [6.07, 6.45) is 3.90. The van der Waals surface area contributed by atoms with Crippen LogP contribution in [0.15, 0.2) is 0 Å². The van der Waals surface area contributed by atoms with Gasteiger partial charge in [-0.15, -0.1) is 0 Å².